The van der Waals surface area contributed by atoms with E-state index < -0.39 is 17.2 Å². The van der Waals surface area contributed by atoms with Crippen LogP contribution in [0.2, 0.25) is 0 Å². The first-order valence-corrected chi connectivity index (χ1v) is 7.58. The van der Waals surface area contributed by atoms with Crippen molar-refractivity contribution >= 4 is 5.78 Å². The van der Waals surface area contributed by atoms with Crippen molar-refractivity contribution in [3.05, 3.63) is 35.4 Å². The number of carbonyl (C=O) groups excluding carboxylic acids is 1. The van der Waals surface area contributed by atoms with Crippen LogP contribution in [0.15, 0.2) is 18.2 Å². The number of ketones is 1. The van der Waals surface area contributed by atoms with E-state index in [1.807, 2.05) is 6.92 Å². The molecule has 2 nitrogen and oxygen atoms in total. The number of Topliss-reactive ketones (excluding diaryl/α,β-unsaturated/α-hetero) is 1. The van der Waals surface area contributed by atoms with E-state index in [4.69, 9.17) is 4.74 Å². The molecule has 0 saturated heterocycles. The summed E-state index contributed by atoms with van der Waals surface area (Å²) in [6.07, 6.45) is 3.07. The van der Waals surface area contributed by atoms with Gasteiger partial charge in [0.05, 0.1) is 0 Å². The third kappa shape index (κ3) is 3.49. The number of halogens is 2. The van der Waals surface area contributed by atoms with E-state index in [0.29, 0.717) is 25.4 Å². The van der Waals surface area contributed by atoms with E-state index in [2.05, 4.69) is 6.92 Å². The fourth-order valence-corrected chi connectivity index (χ4v) is 3.03. The largest absolute Gasteiger partial charge is 0.367 e. The van der Waals surface area contributed by atoms with Gasteiger partial charge in [0.15, 0.2) is 17.4 Å². The summed E-state index contributed by atoms with van der Waals surface area (Å²) in [5.74, 6) is -1.40. The van der Waals surface area contributed by atoms with Crippen LogP contribution in [-0.2, 0) is 16.0 Å². The highest BCUT2D eigenvalue weighted by Crippen LogP contribution is 2.36. The maximum absolute atomic E-state index is 13.7. The summed E-state index contributed by atoms with van der Waals surface area (Å²) in [6, 6.07) is 3.95. The highest BCUT2D eigenvalue weighted by atomic mass is 19.2. The van der Waals surface area contributed by atoms with Crippen LogP contribution in [-0.4, -0.2) is 18.0 Å². The van der Waals surface area contributed by atoms with Gasteiger partial charge in [-0.25, -0.2) is 8.78 Å². The third-order valence-corrected chi connectivity index (χ3v) is 4.39. The molecule has 1 saturated carbocycles. The summed E-state index contributed by atoms with van der Waals surface area (Å²) < 4.78 is 32.7. The normalized spacial score (nSPS) is 25.8. The minimum atomic E-state index is -0.929. The van der Waals surface area contributed by atoms with Crippen molar-refractivity contribution in [1.82, 2.24) is 0 Å². The number of hydrogen-bond donors (Lipinski definition) is 0. The van der Waals surface area contributed by atoms with Gasteiger partial charge < -0.3 is 4.74 Å². The third-order valence-electron chi connectivity index (χ3n) is 4.39. The van der Waals surface area contributed by atoms with E-state index in [-0.39, 0.29) is 17.8 Å². The van der Waals surface area contributed by atoms with E-state index in [1.54, 1.807) is 0 Å². The van der Waals surface area contributed by atoms with Crippen molar-refractivity contribution < 1.29 is 18.3 Å². The minimum Gasteiger partial charge on any atom is -0.367 e. The molecule has 21 heavy (non-hydrogen) atoms. The first-order chi connectivity index (χ1) is 9.98. The second kappa shape index (κ2) is 6.65. The summed E-state index contributed by atoms with van der Waals surface area (Å²) in [5, 5.41) is 0. The molecule has 0 heterocycles. The van der Waals surface area contributed by atoms with Crippen molar-refractivity contribution in [2.75, 3.05) is 6.61 Å². The molecular weight excluding hydrogens is 274 g/mol. The lowest BCUT2D eigenvalue weighted by Gasteiger charge is -2.38. The van der Waals surface area contributed by atoms with Crippen LogP contribution in [0, 0.1) is 17.6 Å². The first-order valence-electron chi connectivity index (χ1n) is 7.58. The second-order valence-corrected chi connectivity index (χ2v) is 5.92. The number of carbonyl (C=O) groups is 1. The van der Waals surface area contributed by atoms with Gasteiger partial charge >= 0.3 is 0 Å². The van der Waals surface area contributed by atoms with Gasteiger partial charge in [-0.3, -0.25) is 4.79 Å². The Morgan fingerprint density at radius 1 is 1.33 bits per heavy atom. The number of hydrogen-bond acceptors (Lipinski definition) is 2. The van der Waals surface area contributed by atoms with Crippen LogP contribution in [0.3, 0.4) is 0 Å². The van der Waals surface area contributed by atoms with E-state index in [0.717, 1.165) is 18.9 Å². The number of rotatable bonds is 5. The zero-order valence-corrected chi connectivity index (χ0v) is 12.6. The average molecular weight is 296 g/mol. The van der Waals surface area contributed by atoms with Gasteiger partial charge in [0.2, 0.25) is 0 Å². The van der Waals surface area contributed by atoms with Crippen LogP contribution in [0.5, 0.6) is 0 Å². The van der Waals surface area contributed by atoms with E-state index in [9.17, 15) is 13.6 Å². The quantitative estimate of drug-likeness (QED) is 0.819. The highest BCUT2D eigenvalue weighted by Gasteiger charge is 2.41. The molecule has 0 radical (unpaired) electrons. The Hall–Kier alpha value is -1.29. The van der Waals surface area contributed by atoms with Crippen molar-refractivity contribution in [2.45, 2.75) is 51.6 Å². The van der Waals surface area contributed by atoms with Crippen LogP contribution in [0.25, 0.3) is 0 Å². The van der Waals surface area contributed by atoms with Gasteiger partial charge in [-0.05, 0) is 50.2 Å². The monoisotopic (exact) mass is 296 g/mol. The Kier molecular flexibility index (Phi) is 5.09. The summed E-state index contributed by atoms with van der Waals surface area (Å²) in [5.41, 5.74) is -0.710. The molecule has 2 rings (SSSR count). The molecule has 0 atom stereocenters. The minimum absolute atomic E-state index is 0.109. The molecule has 0 bridgehead atoms. The number of ether oxygens (including phenoxy) is 1. The molecule has 1 aliphatic carbocycles. The summed E-state index contributed by atoms with van der Waals surface area (Å²) >= 11 is 0. The van der Waals surface area contributed by atoms with Crippen LogP contribution >= 0.6 is 0 Å². The van der Waals surface area contributed by atoms with Gasteiger partial charge in [-0.2, -0.15) is 0 Å². The molecule has 1 fully saturated rings. The summed E-state index contributed by atoms with van der Waals surface area (Å²) in [6.45, 7) is 4.47. The molecule has 0 aromatic heterocycles. The molecule has 0 unspecified atom stereocenters. The van der Waals surface area contributed by atoms with Crippen LogP contribution < -0.4 is 0 Å². The predicted molar refractivity (Wildman–Crippen MR) is 77.1 cm³/mol. The van der Waals surface area contributed by atoms with Gasteiger partial charge in [-0.15, -0.1) is 0 Å². The van der Waals surface area contributed by atoms with Crippen molar-refractivity contribution in [2.24, 2.45) is 5.92 Å². The zero-order chi connectivity index (χ0) is 15.5. The molecular formula is C17H22F2O2. The highest BCUT2D eigenvalue weighted by molar-refractivity contribution is 5.89. The Labute approximate surface area is 124 Å². The van der Waals surface area contributed by atoms with Gasteiger partial charge in [-0.1, -0.05) is 19.1 Å². The van der Waals surface area contributed by atoms with Gasteiger partial charge in [0, 0.05) is 13.0 Å². The van der Waals surface area contributed by atoms with Crippen LogP contribution in [0.1, 0.15) is 45.1 Å². The molecule has 0 N–H and O–H groups in total. The van der Waals surface area contributed by atoms with Crippen molar-refractivity contribution in [3.63, 3.8) is 0 Å². The molecule has 4 heteroatoms. The smallest absolute Gasteiger partial charge is 0.169 e. The lowest BCUT2D eigenvalue weighted by Crippen LogP contribution is -2.45. The molecule has 0 amide bonds. The summed E-state index contributed by atoms with van der Waals surface area (Å²) in [4.78, 5) is 12.6. The molecule has 1 aromatic carbocycles. The molecule has 0 spiro atoms. The van der Waals surface area contributed by atoms with Crippen molar-refractivity contribution in [3.8, 4) is 0 Å². The van der Waals surface area contributed by atoms with E-state index >= 15 is 0 Å². The maximum Gasteiger partial charge on any atom is 0.169 e. The fraction of sp³-hybridized carbons (Fsp3) is 0.588. The molecule has 1 aromatic rings. The van der Waals surface area contributed by atoms with Gasteiger partial charge in [0.25, 0.3) is 0 Å². The maximum atomic E-state index is 13.7. The SMILES string of the molecule is CCOC1(C(=O)Cc2cccc(F)c2F)CCC(C)CC1. The second-order valence-electron chi connectivity index (χ2n) is 5.92. The lowest BCUT2D eigenvalue weighted by atomic mass is 9.75. The molecule has 1 aliphatic rings. The average Bonchev–Trinajstić information content (AvgIpc) is 2.46. The summed E-state index contributed by atoms with van der Waals surface area (Å²) in [7, 11) is 0. The Bertz CT molecular complexity index is 506. The zero-order valence-electron chi connectivity index (χ0n) is 12.6. The van der Waals surface area contributed by atoms with Gasteiger partial charge in [0.1, 0.15) is 5.60 Å². The van der Waals surface area contributed by atoms with Crippen LogP contribution in [0.4, 0.5) is 8.78 Å². The molecule has 116 valence electrons. The Morgan fingerprint density at radius 3 is 2.62 bits per heavy atom. The number of benzene rings is 1. The fourth-order valence-electron chi connectivity index (χ4n) is 3.03. The Morgan fingerprint density at radius 2 is 2.00 bits per heavy atom. The predicted octanol–water partition coefficient (Wildman–Crippen LogP) is 4.06. The van der Waals surface area contributed by atoms with E-state index in [1.165, 1.54) is 12.1 Å². The standard InChI is InChI=1S/C17H22F2O2/c1-3-21-17(9-7-12(2)8-10-17)15(20)11-13-5-4-6-14(18)16(13)19/h4-6,12H,3,7-11H2,1-2H3. The topological polar surface area (TPSA) is 26.3 Å². The lowest BCUT2D eigenvalue weighted by molar-refractivity contribution is -0.149. The Balaban J connectivity index is 2.17. The van der Waals surface area contributed by atoms with Crippen molar-refractivity contribution in [1.29, 1.82) is 0 Å². The molecule has 0 aliphatic heterocycles. The first kappa shape index (κ1) is 16.1.